The Labute approximate surface area is 114 Å². The molecule has 0 bridgehead atoms. The lowest BCUT2D eigenvalue weighted by Crippen LogP contribution is -2.41. The summed E-state index contributed by atoms with van der Waals surface area (Å²) >= 11 is 0. The number of nitrogens with two attached hydrogens (primary N) is 1. The van der Waals surface area contributed by atoms with Gasteiger partial charge in [0.25, 0.3) is 0 Å². The van der Waals surface area contributed by atoms with Crippen LogP contribution in [0.1, 0.15) is 38.3 Å². The molecule has 0 aliphatic carbocycles. The van der Waals surface area contributed by atoms with Crippen molar-refractivity contribution >= 4 is 0 Å². The van der Waals surface area contributed by atoms with Crippen LogP contribution in [0.2, 0.25) is 0 Å². The number of rotatable bonds is 7. The van der Waals surface area contributed by atoms with Crippen LogP contribution in [-0.4, -0.2) is 24.0 Å². The fraction of sp³-hybridized carbons (Fsp3) is 0.533. The van der Waals surface area contributed by atoms with Crippen LogP contribution in [-0.2, 0) is 0 Å². The molecule has 2 N–H and O–H groups in total. The summed E-state index contributed by atoms with van der Waals surface area (Å²) in [5.41, 5.74) is 7.23. The maximum Gasteiger partial charge on any atom is 0.123 e. The van der Waals surface area contributed by atoms with E-state index in [9.17, 15) is 4.39 Å². The van der Waals surface area contributed by atoms with Crippen LogP contribution in [0.15, 0.2) is 24.3 Å². The van der Waals surface area contributed by atoms with Crippen molar-refractivity contribution in [1.82, 2.24) is 4.90 Å². The van der Waals surface area contributed by atoms with E-state index in [1.54, 1.807) is 12.1 Å². The largest absolute Gasteiger partial charge is 0.326 e. The zero-order valence-corrected chi connectivity index (χ0v) is 11.6. The molecule has 2 unspecified atom stereocenters. The van der Waals surface area contributed by atoms with E-state index >= 15 is 0 Å². The highest BCUT2D eigenvalue weighted by Gasteiger charge is 2.24. The van der Waals surface area contributed by atoms with E-state index in [0.717, 1.165) is 18.5 Å². The minimum Gasteiger partial charge on any atom is -0.326 e. The summed E-state index contributed by atoms with van der Waals surface area (Å²) in [5, 5.41) is 8.74. The van der Waals surface area contributed by atoms with Crippen LogP contribution in [0.5, 0.6) is 0 Å². The van der Waals surface area contributed by atoms with E-state index in [-0.39, 0.29) is 17.9 Å². The molecule has 1 aromatic rings. The fourth-order valence-corrected chi connectivity index (χ4v) is 2.30. The molecule has 0 heterocycles. The molecule has 1 rings (SSSR count). The molecule has 104 valence electrons. The Morgan fingerprint density at radius 3 is 2.42 bits per heavy atom. The molecule has 0 aliphatic rings. The van der Waals surface area contributed by atoms with Crippen LogP contribution in [0.3, 0.4) is 0 Å². The van der Waals surface area contributed by atoms with Crippen molar-refractivity contribution in [1.29, 1.82) is 5.26 Å². The van der Waals surface area contributed by atoms with Crippen molar-refractivity contribution in [2.24, 2.45) is 5.73 Å². The molecule has 3 nitrogen and oxygen atoms in total. The molecule has 0 saturated heterocycles. The Hall–Kier alpha value is -1.44. The van der Waals surface area contributed by atoms with Crippen LogP contribution >= 0.6 is 0 Å². The molecule has 0 spiro atoms. The second-order valence-electron chi connectivity index (χ2n) is 4.61. The molecule has 19 heavy (non-hydrogen) atoms. The topological polar surface area (TPSA) is 53.0 Å². The molecule has 0 saturated carbocycles. The molecule has 2 atom stereocenters. The van der Waals surface area contributed by atoms with Crippen molar-refractivity contribution in [2.45, 2.75) is 38.8 Å². The summed E-state index contributed by atoms with van der Waals surface area (Å²) < 4.78 is 13.0. The van der Waals surface area contributed by atoms with Gasteiger partial charge in [-0.05, 0) is 30.7 Å². The van der Waals surface area contributed by atoms with Crippen molar-refractivity contribution in [3.05, 3.63) is 35.6 Å². The van der Waals surface area contributed by atoms with E-state index < -0.39 is 0 Å². The second kappa shape index (κ2) is 7.88. The summed E-state index contributed by atoms with van der Waals surface area (Å²) in [5.74, 6) is -0.243. The average molecular weight is 263 g/mol. The SMILES string of the molecule is CCC(N)C(c1ccc(F)cc1)N(CC)CCC#N. The van der Waals surface area contributed by atoms with Gasteiger partial charge in [-0.3, -0.25) is 4.90 Å². The van der Waals surface area contributed by atoms with Gasteiger partial charge in [-0.15, -0.1) is 0 Å². The van der Waals surface area contributed by atoms with Gasteiger partial charge >= 0.3 is 0 Å². The van der Waals surface area contributed by atoms with Crippen LogP contribution in [0.4, 0.5) is 4.39 Å². The third-order valence-corrected chi connectivity index (χ3v) is 3.40. The van der Waals surface area contributed by atoms with Crippen molar-refractivity contribution < 1.29 is 4.39 Å². The summed E-state index contributed by atoms with van der Waals surface area (Å²) in [4.78, 5) is 2.19. The predicted molar refractivity (Wildman–Crippen MR) is 74.9 cm³/mol. The van der Waals surface area contributed by atoms with E-state index in [2.05, 4.69) is 17.9 Å². The highest BCUT2D eigenvalue weighted by Crippen LogP contribution is 2.25. The van der Waals surface area contributed by atoms with E-state index in [4.69, 9.17) is 11.0 Å². The normalized spacial score (nSPS) is 14.1. The average Bonchev–Trinajstić information content (AvgIpc) is 2.44. The highest BCUT2D eigenvalue weighted by atomic mass is 19.1. The minimum atomic E-state index is -0.243. The van der Waals surface area contributed by atoms with Gasteiger partial charge in [0.05, 0.1) is 6.07 Å². The van der Waals surface area contributed by atoms with Gasteiger partial charge in [0.15, 0.2) is 0 Å². The first kappa shape index (κ1) is 15.6. The van der Waals surface area contributed by atoms with Crippen LogP contribution in [0, 0.1) is 17.1 Å². The first-order chi connectivity index (χ1) is 9.13. The van der Waals surface area contributed by atoms with Gasteiger partial charge in [-0.25, -0.2) is 4.39 Å². The Morgan fingerprint density at radius 1 is 1.32 bits per heavy atom. The Kier molecular flexibility index (Phi) is 6.48. The lowest BCUT2D eigenvalue weighted by atomic mass is 9.96. The zero-order chi connectivity index (χ0) is 14.3. The van der Waals surface area contributed by atoms with Crippen molar-refractivity contribution in [3.8, 4) is 6.07 Å². The molecule has 0 amide bonds. The van der Waals surface area contributed by atoms with E-state index in [0.29, 0.717) is 13.0 Å². The Balaban J connectivity index is 2.99. The molecule has 1 aromatic carbocycles. The monoisotopic (exact) mass is 263 g/mol. The van der Waals surface area contributed by atoms with Gasteiger partial charge in [0, 0.05) is 25.0 Å². The minimum absolute atomic E-state index is 0.0240. The number of nitrogens with zero attached hydrogens (tertiary/aromatic N) is 2. The summed E-state index contributed by atoms with van der Waals surface area (Å²) in [7, 11) is 0. The van der Waals surface area contributed by atoms with Gasteiger partial charge in [-0.1, -0.05) is 26.0 Å². The number of hydrogen-bond acceptors (Lipinski definition) is 3. The van der Waals surface area contributed by atoms with Crippen molar-refractivity contribution in [2.75, 3.05) is 13.1 Å². The van der Waals surface area contributed by atoms with Gasteiger partial charge in [0.1, 0.15) is 5.82 Å². The molecule has 0 radical (unpaired) electrons. The summed E-state index contributed by atoms with van der Waals surface area (Å²) in [6, 6.07) is 8.66. The lowest BCUT2D eigenvalue weighted by Gasteiger charge is -2.34. The Bertz CT molecular complexity index is 410. The number of benzene rings is 1. The lowest BCUT2D eigenvalue weighted by molar-refractivity contribution is 0.181. The summed E-state index contributed by atoms with van der Waals surface area (Å²) in [6.45, 7) is 5.59. The van der Waals surface area contributed by atoms with Gasteiger partial charge < -0.3 is 5.73 Å². The fourth-order valence-electron chi connectivity index (χ4n) is 2.30. The summed E-state index contributed by atoms with van der Waals surface area (Å²) in [6.07, 6.45) is 1.31. The molecule has 4 heteroatoms. The zero-order valence-electron chi connectivity index (χ0n) is 11.6. The van der Waals surface area contributed by atoms with Crippen LogP contribution < -0.4 is 5.73 Å². The number of halogens is 1. The van der Waals surface area contributed by atoms with Gasteiger partial charge in [-0.2, -0.15) is 5.26 Å². The quantitative estimate of drug-likeness (QED) is 0.823. The molecular weight excluding hydrogens is 241 g/mol. The second-order valence-corrected chi connectivity index (χ2v) is 4.61. The van der Waals surface area contributed by atoms with E-state index in [1.165, 1.54) is 12.1 Å². The molecule has 0 fully saturated rings. The third kappa shape index (κ3) is 4.30. The third-order valence-electron chi connectivity index (χ3n) is 3.40. The van der Waals surface area contributed by atoms with Crippen LogP contribution in [0.25, 0.3) is 0 Å². The standard InChI is InChI=1S/C15H22FN3/c1-3-14(18)15(19(4-2)11-5-10-17)12-6-8-13(16)9-7-12/h6-9,14-15H,3-5,11,18H2,1-2H3. The number of hydrogen-bond donors (Lipinski definition) is 1. The maximum atomic E-state index is 13.0. The van der Waals surface area contributed by atoms with Crippen molar-refractivity contribution in [3.63, 3.8) is 0 Å². The number of nitriles is 1. The van der Waals surface area contributed by atoms with Gasteiger partial charge in [0.2, 0.25) is 0 Å². The first-order valence-electron chi connectivity index (χ1n) is 6.76. The molecule has 0 aliphatic heterocycles. The maximum absolute atomic E-state index is 13.0. The highest BCUT2D eigenvalue weighted by molar-refractivity contribution is 5.21. The first-order valence-corrected chi connectivity index (χ1v) is 6.76. The molecular formula is C15H22FN3. The number of likely N-dealkylation sites (N-methyl/N-ethyl adjacent to an activating group) is 1. The smallest absolute Gasteiger partial charge is 0.123 e. The van der Waals surface area contributed by atoms with E-state index in [1.807, 2.05) is 6.92 Å². The predicted octanol–water partition coefficient (Wildman–Crippen LogP) is 2.84. The Morgan fingerprint density at radius 2 is 1.95 bits per heavy atom. The molecule has 0 aromatic heterocycles.